The monoisotopic (exact) mass is 417 g/mol. The SMILES string of the molecule is N[C@@H](Cc1cnc[nH]1)C(=O)N[C@@H](Cc1ccccc1)C(=O)N[C@@H](CC(=O)O)C(=O)O. The summed E-state index contributed by atoms with van der Waals surface area (Å²) in [6, 6.07) is 5.00. The van der Waals surface area contributed by atoms with Crippen molar-refractivity contribution in [3.8, 4) is 0 Å². The summed E-state index contributed by atoms with van der Waals surface area (Å²) in [6.45, 7) is 0. The lowest BCUT2D eigenvalue weighted by Crippen LogP contribution is -2.55. The van der Waals surface area contributed by atoms with Gasteiger partial charge in [0.05, 0.1) is 18.8 Å². The minimum absolute atomic E-state index is 0.0641. The van der Waals surface area contributed by atoms with Gasteiger partial charge < -0.3 is 31.6 Å². The van der Waals surface area contributed by atoms with E-state index in [1.165, 1.54) is 12.5 Å². The minimum atomic E-state index is -1.64. The van der Waals surface area contributed by atoms with Crippen LogP contribution < -0.4 is 16.4 Å². The molecule has 0 unspecified atom stereocenters. The molecule has 2 aromatic rings. The van der Waals surface area contributed by atoms with Crippen molar-refractivity contribution in [1.82, 2.24) is 20.6 Å². The highest BCUT2D eigenvalue weighted by molar-refractivity contribution is 5.93. The summed E-state index contributed by atoms with van der Waals surface area (Å²) in [6.07, 6.45) is 2.38. The van der Waals surface area contributed by atoms with Crippen LogP contribution in [0.1, 0.15) is 17.7 Å². The first kappa shape index (κ1) is 22.6. The Morgan fingerprint density at radius 2 is 1.67 bits per heavy atom. The molecular formula is C19H23N5O6. The quantitative estimate of drug-likeness (QED) is 0.270. The lowest BCUT2D eigenvalue weighted by molar-refractivity contribution is -0.147. The van der Waals surface area contributed by atoms with E-state index >= 15 is 0 Å². The molecule has 2 amide bonds. The fourth-order valence-electron chi connectivity index (χ4n) is 2.71. The fourth-order valence-corrected chi connectivity index (χ4v) is 2.71. The van der Waals surface area contributed by atoms with Crippen molar-refractivity contribution in [1.29, 1.82) is 0 Å². The second kappa shape index (κ2) is 10.7. The lowest BCUT2D eigenvalue weighted by Gasteiger charge is -2.22. The van der Waals surface area contributed by atoms with Gasteiger partial charge in [-0.05, 0) is 5.56 Å². The summed E-state index contributed by atoms with van der Waals surface area (Å²) in [5, 5.41) is 22.7. The molecule has 2 rings (SSSR count). The number of carboxylic acids is 2. The van der Waals surface area contributed by atoms with Crippen LogP contribution in [0.4, 0.5) is 0 Å². The molecule has 30 heavy (non-hydrogen) atoms. The Bertz CT molecular complexity index is 871. The average Bonchev–Trinajstić information content (AvgIpc) is 3.20. The molecule has 11 heteroatoms. The van der Waals surface area contributed by atoms with Gasteiger partial charge >= 0.3 is 11.9 Å². The van der Waals surface area contributed by atoms with Gasteiger partial charge in [0.15, 0.2) is 0 Å². The number of benzene rings is 1. The molecule has 160 valence electrons. The number of imidazole rings is 1. The third-order valence-electron chi connectivity index (χ3n) is 4.24. The van der Waals surface area contributed by atoms with Crippen LogP contribution in [0.5, 0.6) is 0 Å². The van der Waals surface area contributed by atoms with E-state index in [1.807, 2.05) is 0 Å². The number of amides is 2. The predicted octanol–water partition coefficient (Wildman–Crippen LogP) is -0.949. The van der Waals surface area contributed by atoms with E-state index in [9.17, 15) is 19.2 Å². The van der Waals surface area contributed by atoms with E-state index < -0.39 is 48.3 Å². The number of aromatic nitrogens is 2. The summed E-state index contributed by atoms with van der Waals surface area (Å²) in [5.74, 6) is -4.32. The van der Waals surface area contributed by atoms with E-state index in [1.54, 1.807) is 30.3 Å². The molecule has 0 fully saturated rings. The number of carbonyl (C=O) groups excluding carboxylic acids is 2. The number of carbonyl (C=O) groups is 4. The van der Waals surface area contributed by atoms with Gasteiger partial charge in [-0.2, -0.15) is 0 Å². The number of aromatic amines is 1. The molecule has 7 N–H and O–H groups in total. The second-order valence-corrected chi connectivity index (χ2v) is 6.64. The standard InChI is InChI=1S/C19H23N5O6/c20-13(7-12-9-21-10-22-12)17(27)23-14(6-11-4-2-1-3-5-11)18(28)24-15(19(29)30)8-16(25)26/h1-5,9-10,13-15H,6-8,20H2,(H,21,22)(H,23,27)(H,24,28)(H,25,26)(H,29,30)/t13-,14-,15-/m0/s1. The topological polar surface area (TPSA) is 187 Å². The number of hydrogen-bond acceptors (Lipinski definition) is 6. The molecule has 1 aromatic heterocycles. The second-order valence-electron chi connectivity index (χ2n) is 6.64. The smallest absolute Gasteiger partial charge is 0.326 e. The van der Waals surface area contributed by atoms with Crippen LogP contribution in [-0.4, -0.2) is 62.1 Å². The van der Waals surface area contributed by atoms with Gasteiger partial charge in [0.1, 0.15) is 12.1 Å². The van der Waals surface area contributed by atoms with E-state index in [0.717, 1.165) is 0 Å². The third kappa shape index (κ3) is 7.02. The maximum atomic E-state index is 12.7. The van der Waals surface area contributed by atoms with Crippen LogP contribution in [0.3, 0.4) is 0 Å². The third-order valence-corrected chi connectivity index (χ3v) is 4.24. The summed E-state index contributed by atoms with van der Waals surface area (Å²) >= 11 is 0. The number of hydrogen-bond donors (Lipinski definition) is 6. The first-order valence-corrected chi connectivity index (χ1v) is 9.08. The number of H-pyrrole nitrogens is 1. The molecule has 0 aliphatic heterocycles. The number of aliphatic carboxylic acids is 2. The first-order chi connectivity index (χ1) is 14.3. The van der Waals surface area contributed by atoms with Gasteiger partial charge in [-0.15, -0.1) is 0 Å². The Morgan fingerprint density at radius 1 is 1.00 bits per heavy atom. The maximum Gasteiger partial charge on any atom is 0.326 e. The highest BCUT2D eigenvalue weighted by atomic mass is 16.4. The molecular weight excluding hydrogens is 394 g/mol. The number of carboxylic acid groups (broad SMARTS) is 2. The van der Waals surface area contributed by atoms with Crippen LogP contribution in [0.25, 0.3) is 0 Å². The van der Waals surface area contributed by atoms with Crippen LogP contribution in [0, 0.1) is 0 Å². The molecule has 0 bridgehead atoms. The van der Waals surface area contributed by atoms with Gasteiger partial charge in [0.25, 0.3) is 0 Å². The zero-order valence-corrected chi connectivity index (χ0v) is 15.9. The van der Waals surface area contributed by atoms with Crippen LogP contribution in [-0.2, 0) is 32.0 Å². The zero-order valence-electron chi connectivity index (χ0n) is 15.9. The van der Waals surface area contributed by atoms with Crippen molar-refractivity contribution < 1.29 is 29.4 Å². The van der Waals surface area contributed by atoms with Crippen molar-refractivity contribution in [2.24, 2.45) is 5.73 Å². The average molecular weight is 417 g/mol. The Balaban J connectivity index is 2.12. The predicted molar refractivity (Wildman–Crippen MR) is 104 cm³/mol. The molecule has 0 spiro atoms. The number of nitrogens with two attached hydrogens (primary N) is 1. The summed E-state index contributed by atoms with van der Waals surface area (Å²) in [4.78, 5) is 54.0. The van der Waals surface area contributed by atoms with Gasteiger partial charge in [-0.25, -0.2) is 9.78 Å². The highest BCUT2D eigenvalue weighted by Gasteiger charge is 2.29. The molecule has 0 radical (unpaired) electrons. The molecule has 11 nitrogen and oxygen atoms in total. The summed E-state index contributed by atoms with van der Waals surface area (Å²) in [5.41, 5.74) is 7.25. The van der Waals surface area contributed by atoms with Gasteiger partial charge in [0.2, 0.25) is 11.8 Å². The van der Waals surface area contributed by atoms with E-state index in [-0.39, 0.29) is 12.8 Å². The summed E-state index contributed by atoms with van der Waals surface area (Å²) < 4.78 is 0. The normalized spacial score (nSPS) is 13.6. The Kier molecular flexibility index (Phi) is 8.06. The van der Waals surface area contributed by atoms with Crippen molar-refractivity contribution in [2.75, 3.05) is 0 Å². The zero-order chi connectivity index (χ0) is 22.1. The molecule has 0 saturated carbocycles. The Morgan fingerprint density at radius 3 is 2.23 bits per heavy atom. The molecule has 3 atom stereocenters. The highest BCUT2D eigenvalue weighted by Crippen LogP contribution is 2.06. The molecule has 1 heterocycles. The Labute approximate surface area is 171 Å². The van der Waals surface area contributed by atoms with Crippen LogP contribution in [0.2, 0.25) is 0 Å². The maximum absolute atomic E-state index is 12.7. The van der Waals surface area contributed by atoms with Crippen molar-refractivity contribution in [3.63, 3.8) is 0 Å². The largest absolute Gasteiger partial charge is 0.481 e. The van der Waals surface area contributed by atoms with E-state index in [0.29, 0.717) is 11.3 Å². The van der Waals surface area contributed by atoms with Crippen LogP contribution in [0.15, 0.2) is 42.9 Å². The Hall–Kier alpha value is -3.73. The van der Waals surface area contributed by atoms with Gasteiger partial charge in [-0.3, -0.25) is 14.4 Å². The first-order valence-electron chi connectivity index (χ1n) is 9.08. The van der Waals surface area contributed by atoms with Gasteiger partial charge in [0, 0.05) is 24.7 Å². The van der Waals surface area contributed by atoms with Gasteiger partial charge in [-0.1, -0.05) is 30.3 Å². The fraction of sp³-hybridized carbons (Fsp3) is 0.316. The number of rotatable bonds is 11. The summed E-state index contributed by atoms with van der Waals surface area (Å²) in [7, 11) is 0. The molecule has 0 saturated heterocycles. The number of nitrogens with one attached hydrogen (secondary N) is 3. The number of nitrogens with zero attached hydrogens (tertiary/aromatic N) is 1. The van der Waals surface area contributed by atoms with Crippen molar-refractivity contribution >= 4 is 23.8 Å². The van der Waals surface area contributed by atoms with Crippen molar-refractivity contribution in [2.45, 2.75) is 37.4 Å². The van der Waals surface area contributed by atoms with E-state index in [4.69, 9.17) is 15.9 Å². The minimum Gasteiger partial charge on any atom is -0.481 e. The lowest BCUT2D eigenvalue weighted by atomic mass is 10.0. The van der Waals surface area contributed by atoms with Crippen molar-refractivity contribution in [3.05, 3.63) is 54.1 Å². The molecule has 0 aliphatic carbocycles. The van der Waals surface area contributed by atoms with E-state index in [2.05, 4.69) is 20.6 Å². The van der Waals surface area contributed by atoms with Crippen LogP contribution >= 0.6 is 0 Å². The molecule has 0 aliphatic rings. The molecule has 1 aromatic carbocycles.